The molecule has 0 saturated heterocycles. The molecular formula is C17H16N4O4. The van der Waals surface area contributed by atoms with E-state index in [2.05, 4.69) is 15.3 Å². The van der Waals surface area contributed by atoms with Crippen LogP contribution in [0.2, 0.25) is 0 Å². The van der Waals surface area contributed by atoms with E-state index in [4.69, 9.17) is 4.74 Å². The van der Waals surface area contributed by atoms with Crippen LogP contribution in [0.3, 0.4) is 0 Å². The van der Waals surface area contributed by atoms with Gasteiger partial charge in [-0.25, -0.2) is 4.98 Å². The van der Waals surface area contributed by atoms with Gasteiger partial charge in [0, 0.05) is 19.7 Å². The molecule has 2 aromatic carbocycles. The number of ether oxygens (including phenoxy) is 1. The third-order valence-electron chi connectivity index (χ3n) is 3.89. The van der Waals surface area contributed by atoms with Crippen molar-refractivity contribution in [2.45, 2.75) is 6.10 Å². The Bertz CT molecular complexity index is 956. The van der Waals surface area contributed by atoms with Gasteiger partial charge in [-0.1, -0.05) is 30.3 Å². The fraction of sp³-hybridized carbons (Fsp3) is 0.176. The molecule has 3 rings (SSSR count). The van der Waals surface area contributed by atoms with Crippen molar-refractivity contribution in [1.29, 1.82) is 0 Å². The molecule has 0 saturated carbocycles. The number of nitro benzene ring substituents is 1. The Labute approximate surface area is 142 Å². The number of nitrogens with one attached hydrogen (secondary N) is 2. The van der Waals surface area contributed by atoms with E-state index < -0.39 is 10.5 Å². The van der Waals surface area contributed by atoms with Crippen LogP contribution in [-0.4, -0.2) is 28.5 Å². The van der Waals surface area contributed by atoms with Gasteiger partial charge in [-0.3, -0.25) is 14.9 Å². The summed E-state index contributed by atoms with van der Waals surface area (Å²) in [6, 6.07) is 12.3. The topological polar surface area (TPSA) is 110 Å². The van der Waals surface area contributed by atoms with Crippen molar-refractivity contribution >= 4 is 22.3 Å². The number of methoxy groups -OCH3 is 1. The van der Waals surface area contributed by atoms with E-state index in [9.17, 15) is 14.9 Å². The molecule has 0 aliphatic rings. The van der Waals surface area contributed by atoms with E-state index in [1.165, 1.54) is 18.5 Å². The van der Waals surface area contributed by atoms with Crippen LogP contribution in [0.5, 0.6) is 0 Å². The van der Waals surface area contributed by atoms with Gasteiger partial charge < -0.3 is 15.0 Å². The van der Waals surface area contributed by atoms with Crippen LogP contribution < -0.4 is 10.9 Å². The molecule has 0 spiro atoms. The molecule has 0 bridgehead atoms. The predicted molar refractivity (Wildman–Crippen MR) is 93.7 cm³/mol. The number of hydrogen-bond donors (Lipinski definition) is 2. The van der Waals surface area contributed by atoms with Gasteiger partial charge in [-0.2, -0.15) is 0 Å². The summed E-state index contributed by atoms with van der Waals surface area (Å²) in [5.41, 5.74) is 1.02. The molecule has 8 heteroatoms. The molecule has 1 heterocycles. The minimum absolute atomic E-state index is 0.172. The van der Waals surface area contributed by atoms with Crippen LogP contribution in [0.1, 0.15) is 11.7 Å². The van der Waals surface area contributed by atoms with E-state index in [0.717, 1.165) is 5.56 Å². The second-order valence-electron chi connectivity index (χ2n) is 5.39. The highest BCUT2D eigenvalue weighted by Gasteiger charge is 2.19. The Morgan fingerprint density at radius 2 is 2.08 bits per heavy atom. The SMILES string of the molecule is COC(CNc1cc2nc[nH]c(=O)c2cc1[N+](=O)[O-])c1ccccc1. The Balaban J connectivity index is 1.93. The summed E-state index contributed by atoms with van der Waals surface area (Å²) in [6.45, 7) is 0.329. The fourth-order valence-electron chi connectivity index (χ4n) is 2.60. The normalized spacial score (nSPS) is 12.0. The molecule has 8 nitrogen and oxygen atoms in total. The molecule has 1 unspecified atom stereocenters. The summed E-state index contributed by atoms with van der Waals surface area (Å²) < 4.78 is 5.46. The molecule has 0 aliphatic heterocycles. The molecule has 25 heavy (non-hydrogen) atoms. The third kappa shape index (κ3) is 3.48. The molecule has 128 valence electrons. The van der Waals surface area contributed by atoms with Crippen molar-refractivity contribution in [3.8, 4) is 0 Å². The first-order valence-electron chi connectivity index (χ1n) is 7.57. The number of H-pyrrole nitrogens is 1. The van der Waals surface area contributed by atoms with E-state index in [1.807, 2.05) is 30.3 Å². The summed E-state index contributed by atoms with van der Waals surface area (Å²) in [5.74, 6) is 0. The zero-order chi connectivity index (χ0) is 17.8. The maximum atomic E-state index is 11.8. The second-order valence-corrected chi connectivity index (χ2v) is 5.39. The zero-order valence-corrected chi connectivity index (χ0v) is 13.4. The number of aromatic nitrogens is 2. The number of nitro groups is 1. The monoisotopic (exact) mass is 340 g/mol. The third-order valence-corrected chi connectivity index (χ3v) is 3.89. The molecule has 0 radical (unpaired) electrons. The van der Waals surface area contributed by atoms with Gasteiger partial charge in [0.05, 0.1) is 28.3 Å². The zero-order valence-electron chi connectivity index (χ0n) is 13.4. The van der Waals surface area contributed by atoms with Gasteiger partial charge in [0.25, 0.3) is 11.2 Å². The lowest BCUT2D eigenvalue weighted by Gasteiger charge is -2.17. The molecule has 3 aromatic rings. The number of hydrogen-bond acceptors (Lipinski definition) is 6. The minimum atomic E-state index is -0.529. The van der Waals surface area contributed by atoms with Gasteiger partial charge in [-0.05, 0) is 11.6 Å². The highest BCUT2D eigenvalue weighted by molar-refractivity contribution is 5.86. The summed E-state index contributed by atoms with van der Waals surface area (Å²) in [6.07, 6.45) is 0.992. The van der Waals surface area contributed by atoms with Crippen LogP contribution in [0.4, 0.5) is 11.4 Å². The van der Waals surface area contributed by atoms with Crippen molar-refractivity contribution < 1.29 is 9.66 Å². The summed E-state index contributed by atoms with van der Waals surface area (Å²) >= 11 is 0. The van der Waals surface area contributed by atoms with Crippen LogP contribution in [0.15, 0.2) is 53.6 Å². The van der Waals surface area contributed by atoms with Crippen molar-refractivity contribution in [2.24, 2.45) is 0 Å². The van der Waals surface area contributed by atoms with Gasteiger partial charge in [-0.15, -0.1) is 0 Å². The first kappa shape index (κ1) is 16.6. The van der Waals surface area contributed by atoms with Crippen molar-refractivity contribution in [3.63, 3.8) is 0 Å². The van der Waals surface area contributed by atoms with Gasteiger partial charge >= 0.3 is 0 Å². The highest BCUT2D eigenvalue weighted by atomic mass is 16.6. The highest BCUT2D eigenvalue weighted by Crippen LogP contribution is 2.29. The maximum Gasteiger partial charge on any atom is 0.293 e. The van der Waals surface area contributed by atoms with Crippen LogP contribution in [0, 0.1) is 10.1 Å². The van der Waals surface area contributed by atoms with Crippen molar-refractivity contribution in [1.82, 2.24) is 9.97 Å². The Hall–Kier alpha value is -3.26. The number of fused-ring (bicyclic) bond motifs is 1. The van der Waals surface area contributed by atoms with Crippen molar-refractivity contribution in [3.05, 3.63) is 74.8 Å². The first-order chi connectivity index (χ1) is 12.1. The molecule has 1 atom stereocenters. The van der Waals surface area contributed by atoms with Crippen molar-refractivity contribution in [2.75, 3.05) is 19.0 Å². The average molecular weight is 340 g/mol. The molecular weight excluding hydrogens is 324 g/mol. The summed E-state index contributed by atoms with van der Waals surface area (Å²) in [5, 5.41) is 14.6. The Morgan fingerprint density at radius 1 is 1.32 bits per heavy atom. The maximum absolute atomic E-state index is 11.8. The standard InChI is InChI=1S/C17H16N4O4/c1-25-16(11-5-3-2-4-6-11)9-18-14-8-13-12(7-15(14)21(23)24)17(22)20-10-19-13/h2-8,10,16,18H,9H2,1H3,(H,19,20,22). The lowest BCUT2D eigenvalue weighted by atomic mass is 10.1. The molecule has 0 amide bonds. The number of benzene rings is 2. The number of anilines is 1. The lowest BCUT2D eigenvalue weighted by Crippen LogP contribution is -2.15. The average Bonchev–Trinajstić information content (AvgIpc) is 2.62. The fourth-order valence-corrected chi connectivity index (χ4v) is 2.60. The number of rotatable bonds is 6. The number of nitrogens with zero attached hydrogens (tertiary/aromatic N) is 2. The lowest BCUT2D eigenvalue weighted by molar-refractivity contribution is -0.383. The summed E-state index contributed by atoms with van der Waals surface area (Å²) in [4.78, 5) is 29.1. The minimum Gasteiger partial charge on any atom is -0.376 e. The largest absolute Gasteiger partial charge is 0.376 e. The van der Waals surface area contributed by atoms with E-state index >= 15 is 0 Å². The van der Waals surface area contributed by atoms with Gasteiger partial charge in [0.2, 0.25) is 0 Å². The summed E-state index contributed by atoms with van der Waals surface area (Å²) in [7, 11) is 1.58. The first-order valence-corrected chi connectivity index (χ1v) is 7.57. The van der Waals surface area contributed by atoms with Gasteiger partial charge in [0.1, 0.15) is 5.69 Å². The van der Waals surface area contributed by atoms with E-state index in [-0.39, 0.29) is 22.9 Å². The molecule has 0 aliphatic carbocycles. The van der Waals surface area contributed by atoms with Gasteiger partial charge in [0.15, 0.2) is 0 Å². The van der Waals surface area contributed by atoms with Crippen LogP contribution in [0.25, 0.3) is 10.9 Å². The van der Waals surface area contributed by atoms with E-state index in [1.54, 1.807) is 7.11 Å². The molecule has 1 aromatic heterocycles. The quantitative estimate of drug-likeness (QED) is 0.527. The van der Waals surface area contributed by atoms with Crippen LogP contribution in [-0.2, 0) is 4.74 Å². The number of aromatic amines is 1. The van der Waals surface area contributed by atoms with Crippen LogP contribution >= 0.6 is 0 Å². The van der Waals surface area contributed by atoms with E-state index in [0.29, 0.717) is 12.1 Å². The second kappa shape index (κ2) is 7.10. The smallest absolute Gasteiger partial charge is 0.293 e. The predicted octanol–water partition coefficient (Wildman–Crippen LogP) is 2.63. The Morgan fingerprint density at radius 3 is 2.76 bits per heavy atom. The molecule has 2 N–H and O–H groups in total. The molecule has 0 fully saturated rings. The Kier molecular flexibility index (Phi) is 4.71.